The molecule has 0 radical (unpaired) electrons. The molecule has 2 aromatic heterocycles. The van der Waals surface area contributed by atoms with Gasteiger partial charge in [0.15, 0.2) is 0 Å². The second-order valence-electron chi connectivity index (χ2n) is 5.26. The summed E-state index contributed by atoms with van der Waals surface area (Å²) in [4.78, 5) is 18.5. The summed E-state index contributed by atoms with van der Waals surface area (Å²) in [6, 6.07) is 5.41. The van der Waals surface area contributed by atoms with Crippen molar-refractivity contribution in [2.45, 2.75) is 19.0 Å². The fourth-order valence-electron chi connectivity index (χ4n) is 2.57. The number of rotatable bonds is 5. The first kappa shape index (κ1) is 14.5. The van der Waals surface area contributed by atoms with Crippen LogP contribution < -0.4 is 15.0 Å². The largest absolute Gasteiger partial charge is 0.481 e. The molecule has 0 saturated carbocycles. The van der Waals surface area contributed by atoms with E-state index in [1.54, 1.807) is 29.0 Å². The molecule has 1 amide bonds. The molecular weight excluding hydrogens is 282 g/mol. The number of amides is 1. The normalized spacial score (nSPS) is 18.0. The van der Waals surface area contributed by atoms with Gasteiger partial charge in [-0.05, 0) is 12.5 Å². The van der Waals surface area contributed by atoms with Gasteiger partial charge in [-0.15, -0.1) is 0 Å². The Kier molecular flexibility index (Phi) is 4.06. The molecule has 3 heterocycles. The Labute approximate surface area is 128 Å². The maximum absolute atomic E-state index is 12.4. The zero-order valence-corrected chi connectivity index (χ0v) is 12.7. The Morgan fingerprint density at radius 3 is 3.05 bits per heavy atom. The summed E-state index contributed by atoms with van der Waals surface area (Å²) in [6.45, 7) is 1.24. The minimum absolute atomic E-state index is 0.0795. The summed E-state index contributed by atoms with van der Waals surface area (Å²) in [5.41, 5.74) is 1.70. The zero-order valence-electron chi connectivity index (χ0n) is 12.7. The minimum Gasteiger partial charge on any atom is -0.481 e. The molecule has 1 fully saturated rings. The van der Waals surface area contributed by atoms with Crippen LogP contribution in [0.4, 0.5) is 5.69 Å². The van der Waals surface area contributed by atoms with E-state index in [0.717, 1.165) is 17.8 Å². The van der Waals surface area contributed by atoms with Gasteiger partial charge < -0.3 is 15.0 Å². The highest BCUT2D eigenvalue weighted by atomic mass is 16.5. The number of carbonyl (C=O) groups excluding carboxylic acids is 1. The standard InChI is InChI=1S/C15H19N5O2/c1-19-10-12(9-17-19)20-7-6-13(15(20)21)16-8-11-4-3-5-14(18-11)22-2/h3-5,9-10,13,16H,6-8H2,1-2H3/t13-/m1/s1. The van der Waals surface area contributed by atoms with Crippen LogP contribution in [0.3, 0.4) is 0 Å². The highest BCUT2D eigenvalue weighted by molar-refractivity contribution is 5.99. The van der Waals surface area contributed by atoms with E-state index in [1.807, 2.05) is 25.4 Å². The quantitative estimate of drug-likeness (QED) is 0.881. The molecule has 22 heavy (non-hydrogen) atoms. The number of carbonyl (C=O) groups is 1. The molecule has 3 rings (SSSR count). The van der Waals surface area contributed by atoms with Crippen LogP contribution in [0.25, 0.3) is 0 Å². The van der Waals surface area contributed by atoms with Crippen LogP contribution in [-0.2, 0) is 18.4 Å². The fraction of sp³-hybridized carbons (Fsp3) is 0.400. The van der Waals surface area contributed by atoms with Crippen LogP contribution in [0.5, 0.6) is 5.88 Å². The molecule has 1 N–H and O–H groups in total. The van der Waals surface area contributed by atoms with Gasteiger partial charge in [0, 0.05) is 32.4 Å². The highest BCUT2D eigenvalue weighted by Gasteiger charge is 2.32. The summed E-state index contributed by atoms with van der Waals surface area (Å²) < 4.78 is 6.80. The first-order valence-electron chi connectivity index (χ1n) is 7.20. The second kappa shape index (κ2) is 6.15. The number of pyridine rings is 1. The second-order valence-corrected chi connectivity index (χ2v) is 5.26. The molecule has 1 saturated heterocycles. The van der Waals surface area contributed by atoms with Gasteiger partial charge >= 0.3 is 0 Å². The number of anilines is 1. The monoisotopic (exact) mass is 301 g/mol. The van der Waals surface area contributed by atoms with Gasteiger partial charge in [-0.1, -0.05) is 6.07 Å². The van der Waals surface area contributed by atoms with E-state index >= 15 is 0 Å². The number of hydrogen-bond donors (Lipinski definition) is 1. The van der Waals surface area contributed by atoms with Crippen molar-refractivity contribution in [3.8, 4) is 5.88 Å². The predicted molar refractivity (Wildman–Crippen MR) is 81.6 cm³/mol. The number of hydrogen-bond acceptors (Lipinski definition) is 5. The van der Waals surface area contributed by atoms with E-state index in [2.05, 4.69) is 15.4 Å². The molecule has 0 bridgehead atoms. The molecule has 0 aromatic carbocycles. The molecule has 0 unspecified atom stereocenters. The molecule has 0 spiro atoms. The van der Waals surface area contributed by atoms with Crippen molar-refractivity contribution in [3.63, 3.8) is 0 Å². The van der Waals surface area contributed by atoms with Gasteiger partial charge in [0.2, 0.25) is 11.8 Å². The highest BCUT2D eigenvalue weighted by Crippen LogP contribution is 2.20. The SMILES string of the molecule is COc1cccc(CN[C@@H]2CCN(c3cnn(C)c3)C2=O)n1. The Morgan fingerprint density at radius 2 is 2.32 bits per heavy atom. The molecule has 1 atom stereocenters. The summed E-state index contributed by atoms with van der Waals surface area (Å²) in [5.74, 6) is 0.657. The van der Waals surface area contributed by atoms with E-state index in [4.69, 9.17) is 4.74 Å². The third kappa shape index (κ3) is 2.94. The van der Waals surface area contributed by atoms with E-state index < -0.39 is 0 Å². The Balaban J connectivity index is 1.61. The molecule has 7 nitrogen and oxygen atoms in total. The maximum Gasteiger partial charge on any atom is 0.244 e. The molecule has 1 aliphatic rings. The third-order valence-corrected chi connectivity index (χ3v) is 3.73. The van der Waals surface area contributed by atoms with Crippen LogP contribution in [-0.4, -0.2) is 40.4 Å². The van der Waals surface area contributed by atoms with Crippen LogP contribution in [0.1, 0.15) is 12.1 Å². The van der Waals surface area contributed by atoms with Gasteiger partial charge in [-0.2, -0.15) is 5.10 Å². The topological polar surface area (TPSA) is 72.3 Å². The minimum atomic E-state index is -0.187. The van der Waals surface area contributed by atoms with E-state index in [-0.39, 0.29) is 11.9 Å². The number of methoxy groups -OCH3 is 1. The van der Waals surface area contributed by atoms with Crippen LogP contribution >= 0.6 is 0 Å². The molecule has 1 aliphatic heterocycles. The molecule has 0 aliphatic carbocycles. The number of nitrogens with one attached hydrogen (secondary N) is 1. The van der Waals surface area contributed by atoms with Crippen molar-refractivity contribution in [2.24, 2.45) is 7.05 Å². The summed E-state index contributed by atoms with van der Waals surface area (Å²) in [7, 11) is 3.43. The van der Waals surface area contributed by atoms with Crippen LogP contribution in [0, 0.1) is 0 Å². The van der Waals surface area contributed by atoms with Gasteiger partial charge in [-0.25, -0.2) is 4.98 Å². The number of nitrogens with zero attached hydrogens (tertiary/aromatic N) is 4. The average molecular weight is 301 g/mol. The van der Waals surface area contributed by atoms with Crippen molar-refractivity contribution in [1.82, 2.24) is 20.1 Å². The first-order chi connectivity index (χ1) is 10.7. The predicted octanol–water partition coefficient (Wildman–Crippen LogP) is 0.719. The molecule has 2 aromatic rings. The lowest BCUT2D eigenvalue weighted by molar-refractivity contribution is -0.118. The summed E-state index contributed by atoms with van der Waals surface area (Å²) in [5, 5.41) is 7.38. The van der Waals surface area contributed by atoms with E-state index in [9.17, 15) is 4.79 Å². The van der Waals surface area contributed by atoms with Crippen molar-refractivity contribution >= 4 is 11.6 Å². The summed E-state index contributed by atoms with van der Waals surface area (Å²) in [6.07, 6.45) is 4.34. The molecular formula is C15H19N5O2. The lowest BCUT2D eigenvalue weighted by atomic mass is 10.2. The lowest BCUT2D eigenvalue weighted by Gasteiger charge is -2.15. The van der Waals surface area contributed by atoms with Gasteiger partial charge in [0.25, 0.3) is 0 Å². The van der Waals surface area contributed by atoms with E-state index in [1.165, 1.54) is 0 Å². The van der Waals surface area contributed by atoms with Crippen LogP contribution in [0.2, 0.25) is 0 Å². The van der Waals surface area contributed by atoms with Crippen molar-refractivity contribution < 1.29 is 9.53 Å². The fourth-order valence-corrected chi connectivity index (χ4v) is 2.57. The van der Waals surface area contributed by atoms with Gasteiger partial charge in [-0.3, -0.25) is 9.48 Å². The Morgan fingerprint density at radius 1 is 1.45 bits per heavy atom. The van der Waals surface area contributed by atoms with Crippen molar-refractivity contribution in [2.75, 3.05) is 18.6 Å². The number of aryl methyl sites for hydroxylation is 1. The first-order valence-corrected chi connectivity index (χ1v) is 7.20. The van der Waals surface area contributed by atoms with Gasteiger partial charge in [0.05, 0.1) is 30.7 Å². The van der Waals surface area contributed by atoms with Crippen molar-refractivity contribution in [3.05, 3.63) is 36.3 Å². The average Bonchev–Trinajstić information content (AvgIpc) is 3.11. The Bertz CT molecular complexity index is 669. The summed E-state index contributed by atoms with van der Waals surface area (Å²) >= 11 is 0. The maximum atomic E-state index is 12.4. The smallest absolute Gasteiger partial charge is 0.244 e. The number of ether oxygens (including phenoxy) is 1. The van der Waals surface area contributed by atoms with Crippen LogP contribution in [0.15, 0.2) is 30.6 Å². The molecule has 116 valence electrons. The third-order valence-electron chi connectivity index (χ3n) is 3.73. The Hall–Kier alpha value is -2.41. The van der Waals surface area contributed by atoms with E-state index in [0.29, 0.717) is 19.0 Å². The lowest BCUT2D eigenvalue weighted by Crippen LogP contribution is -2.38. The number of aromatic nitrogens is 3. The molecule has 7 heteroatoms. The zero-order chi connectivity index (χ0) is 15.5. The van der Waals surface area contributed by atoms with Gasteiger partial charge in [0.1, 0.15) is 0 Å². The van der Waals surface area contributed by atoms with Crippen molar-refractivity contribution in [1.29, 1.82) is 0 Å².